The number of amides is 1. The molecule has 1 fully saturated rings. The van der Waals surface area contributed by atoms with E-state index in [1.807, 2.05) is 6.92 Å². The second-order valence-corrected chi connectivity index (χ2v) is 4.59. The van der Waals surface area contributed by atoms with Crippen LogP contribution in [0, 0.1) is 6.92 Å². The Bertz CT molecular complexity index is 464. The van der Waals surface area contributed by atoms with E-state index in [0.29, 0.717) is 6.54 Å². The van der Waals surface area contributed by atoms with E-state index in [1.54, 1.807) is 17.9 Å². The number of halogens is 3. The van der Waals surface area contributed by atoms with E-state index >= 15 is 0 Å². The maximum Gasteiger partial charge on any atom is 0.262 e. The van der Waals surface area contributed by atoms with Crippen molar-refractivity contribution in [1.29, 1.82) is 0 Å². The van der Waals surface area contributed by atoms with Crippen molar-refractivity contribution in [1.82, 2.24) is 20.4 Å². The summed E-state index contributed by atoms with van der Waals surface area (Å²) in [5.41, 5.74) is 1.83. The minimum Gasteiger partial charge on any atom is -0.351 e. The van der Waals surface area contributed by atoms with Gasteiger partial charge in [-0.25, -0.2) is 8.78 Å². The Morgan fingerprint density at radius 1 is 1.68 bits per heavy atom. The molecule has 108 valence electrons. The smallest absolute Gasteiger partial charge is 0.262 e. The lowest BCUT2D eigenvalue weighted by Gasteiger charge is -2.11. The molecule has 0 aliphatic carbocycles. The first-order chi connectivity index (χ1) is 8.39. The molecule has 0 bridgehead atoms. The summed E-state index contributed by atoms with van der Waals surface area (Å²) >= 11 is 0. The van der Waals surface area contributed by atoms with E-state index in [9.17, 15) is 13.6 Å². The molecule has 8 heteroatoms. The van der Waals surface area contributed by atoms with Crippen molar-refractivity contribution in [3.63, 3.8) is 0 Å². The van der Waals surface area contributed by atoms with Crippen LogP contribution in [0.3, 0.4) is 0 Å². The van der Waals surface area contributed by atoms with Crippen molar-refractivity contribution in [2.45, 2.75) is 31.9 Å². The number of hydrogen-bond donors (Lipinski definition) is 2. The van der Waals surface area contributed by atoms with Crippen LogP contribution in [0.1, 0.15) is 17.7 Å². The van der Waals surface area contributed by atoms with Gasteiger partial charge < -0.3 is 5.32 Å². The van der Waals surface area contributed by atoms with Crippen molar-refractivity contribution in [2.24, 2.45) is 7.05 Å². The number of nitrogens with one attached hydrogen (secondary N) is 2. The fraction of sp³-hybridized carbons (Fsp3) is 0.636. The average molecular weight is 295 g/mol. The molecule has 1 aliphatic heterocycles. The minimum atomic E-state index is -2.79. The highest BCUT2D eigenvalue weighted by atomic mass is 35.5. The van der Waals surface area contributed by atoms with Gasteiger partial charge in [0.15, 0.2) is 0 Å². The molecule has 5 nitrogen and oxygen atoms in total. The molecule has 1 aromatic heterocycles. The minimum absolute atomic E-state index is 0. The summed E-state index contributed by atoms with van der Waals surface area (Å²) in [7, 11) is 1.81. The SMILES string of the molecule is Cc1c(CNC(=O)C2CC(F)(F)CN2)cnn1C.Cl. The molecule has 0 saturated carbocycles. The van der Waals surface area contributed by atoms with Gasteiger partial charge in [0.2, 0.25) is 5.91 Å². The topological polar surface area (TPSA) is 59.0 Å². The van der Waals surface area contributed by atoms with Crippen LogP contribution in [-0.4, -0.2) is 34.2 Å². The van der Waals surface area contributed by atoms with Gasteiger partial charge in [-0.3, -0.25) is 14.8 Å². The van der Waals surface area contributed by atoms with Crippen LogP contribution >= 0.6 is 12.4 Å². The summed E-state index contributed by atoms with van der Waals surface area (Å²) in [6.07, 6.45) is 1.22. The molecule has 1 unspecified atom stereocenters. The molecular weight excluding hydrogens is 278 g/mol. The molecule has 0 aromatic carbocycles. The Balaban J connectivity index is 0.00000180. The second kappa shape index (κ2) is 5.83. The molecular formula is C11H17ClF2N4O. The Morgan fingerprint density at radius 3 is 2.84 bits per heavy atom. The lowest BCUT2D eigenvalue weighted by molar-refractivity contribution is -0.123. The van der Waals surface area contributed by atoms with E-state index in [0.717, 1.165) is 11.3 Å². The fourth-order valence-electron chi connectivity index (χ4n) is 1.92. The third kappa shape index (κ3) is 3.63. The highest BCUT2D eigenvalue weighted by molar-refractivity contribution is 5.85. The zero-order valence-electron chi connectivity index (χ0n) is 10.7. The van der Waals surface area contributed by atoms with Crippen LogP contribution in [0.5, 0.6) is 0 Å². The third-order valence-corrected chi connectivity index (χ3v) is 3.22. The van der Waals surface area contributed by atoms with Crippen molar-refractivity contribution in [2.75, 3.05) is 6.54 Å². The monoisotopic (exact) mass is 294 g/mol. The van der Waals surface area contributed by atoms with Crippen molar-refractivity contribution in [3.8, 4) is 0 Å². The van der Waals surface area contributed by atoms with Gasteiger partial charge in [0.05, 0.1) is 18.8 Å². The summed E-state index contributed by atoms with van der Waals surface area (Å²) in [4.78, 5) is 11.7. The van der Waals surface area contributed by atoms with Gasteiger partial charge in [0.25, 0.3) is 5.92 Å². The molecule has 2 N–H and O–H groups in total. The van der Waals surface area contributed by atoms with Gasteiger partial charge in [-0.05, 0) is 6.92 Å². The van der Waals surface area contributed by atoms with E-state index < -0.39 is 30.8 Å². The van der Waals surface area contributed by atoms with Crippen LogP contribution in [0.15, 0.2) is 6.20 Å². The van der Waals surface area contributed by atoms with Crippen molar-refractivity contribution >= 4 is 18.3 Å². The molecule has 1 atom stereocenters. The van der Waals surface area contributed by atoms with Crippen LogP contribution in [0.25, 0.3) is 0 Å². The first-order valence-electron chi connectivity index (χ1n) is 5.75. The number of hydrogen-bond acceptors (Lipinski definition) is 3. The summed E-state index contributed by atoms with van der Waals surface area (Å²) in [5, 5.41) is 9.21. The summed E-state index contributed by atoms with van der Waals surface area (Å²) in [5.74, 6) is -3.18. The largest absolute Gasteiger partial charge is 0.351 e. The molecule has 19 heavy (non-hydrogen) atoms. The number of rotatable bonds is 3. The van der Waals surface area contributed by atoms with Crippen LogP contribution in [0.2, 0.25) is 0 Å². The summed E-state index contributed by atoms with van der Waals surface area (Å²) in [6, 6.07) is -0.808. The fourth-order valence-corrected chi connectivity index (χ4v) is 1.92. The third-order valence-electron chi connectivity index (χ3n) is 3.22. The molecule has 0 radical (unpaired) electrons. The Labute approximate surface area is 116 Å². The Kier molecular flexibility index (Phi) is 4.86. The summed E-state index contributed by atoms with van der Waals surface area (Å²) < 4.78 is 27.6. The molecule has 2 rings (SSSR count). The predicted octanol–water partition coefficient (Wildman–Crippen LogP) is 0.764. The van der Waals surface area contributed by atoms with Crippen molar-refractivity contribution < 1.29 is 13.6 Å². The van der Waals surface area contributed by atoms with Crippen molar-refractivity contribution in [3.05, 3.63) is 17.5 Å². The van der Waals surface area contributed by atoms with E-state index in [1.165, 1.54) is 0 Å². The average Bonchev–Trinajstić information content (AvgIpc) is 2.81. The van der Waals surface area contributed by atoms with Gasteiger partial charge >= 0.3 is 0 Å². The normalized spacial score (nSPS) is 20.9. The zero-order valence-corrected chi connectivity index (χ0v) is 11.6. The number of aromatic nitrogens is 2. The van der Waals surface area contributed by atoms with Crippen LogP contribution < -0.4 is 10.6 Å². The van der Waals surface area contributed by atoms with Gasteiger partial charge in [-0.2, -0.15) is 5.10 Å². The Hall–Kier alpha value is -1.21. The number of nitrogens with zero attached hydrogens (tertiary/aromatic N) is 2. The number of carbonyl (C=O) groups is 1. The molecule has 1 amide bonds. The molecule has 1 aliphatic rings. The lowest BCUT2D eigenvalue weighted by atomic mass is 10.2. The number of carbonyl (C=O) groups excluding carboxylic acids is 1. The van der Waals surface area contributed by atoms with Gasteiger partial charge in [0, 0.05) is 31.3 Å². The van der Waals surface area contributed by atoms with Gasteiger partial charge in [-0.15, -0.1) is 12.4 Å². The zero-order chi connectivity index (χ0) is 13.3. The molecule has 2 heterocycles. The van der Waals surface area contributed by atoms with E-state index in [2.05, 4.69) is 15.7 Å². The molecule has 1 aromatic rings. The van der Waals surface area contributed by atoms with E-state index in [-0.39, 0.29) is 12.4 Å². The van der Waals surface area contributed by atoms with Crippen LogP contribution in [-0.2, 0) is 18.4 Å². The molecule has 0 spiro atoms. The highest BCUT2D eigenvalue weighted by Gasteiger charge is 2.42. The summed E-state index contributed by atoms with van der Waals surface area (Å²) in [6.45, 7) is 1.76. The molecule has 1 saturated heterocycles. The van der Waals surface area contributed by atoms with E-state index in [4.69, 9.17) is 0 Å². The maximum atomic E-state index is 12.9. The quantitative estimate of drug-likeness (QED) is 0.865. The van der Waals surface area contributed by atoms with Gasteiger partial charge in [-0.1, -0.05) is 0 Å². The highest BCUT2D eigenvalue weighted by Crippen LogP contribution is 2.25. The standard InChI is InChI=1S/C11H16F2N4O.ClH/c1-7-8(5-16-17(7)2)4-14-10(18)9-3-11(12,13)6-15-9;/h5,9,15H,3-4,6H2,1-2H3,(H,14,18);1H. The van der Waals surface area contributed by atoms with Crippen LogP contribution in [0.4, 0.5) is 8.78 Å². The maximum absolute atomic E-state index is 12.9. The first-order valence-corrected chi connectivity index (χ1v) is 5.75. The number of aryl methyl sites for hydroxylation is 1. The Morgan fingerprint density at radius 2 is 2.37 bits per heavy atom. The predicted molar refractivity (Wildman–Crippen MR) is 68.4 cm³/mol. The number of alkyl halides is 2. The first kappa shape index (κ1) is 15.8. The lowest BCUT2D eigenvalue weighted by Crippen LogP contribution is -2.40. The van der Waals surface area contributed by atoms with Gasteiger partial charge in [0.1, 0.15) is 0 Å². The second-order valence-electron chi connectivity index (χ2n) is 4.59.